The van der Waals surface area contributed by atoms with Crippen LogP contribution in [0.1, 0.15) is 62.0 Å². The SMILES string of the molecule is Cc1ccc([C@@H](C#N)[C@H](NC(=O)CCC(=O)N2CCOCC2)C2CCCCC2)cc1. The molecule has 2 aliphatic rings. The van der Waals surface area contributed by atoms with Gasteiger partial charge < -0.3 is 15.0 Å². The summed E-state index contributed by atoms with van der Waals surface area (Å²) in [4.78, 5) is 26.9. The van der Waals surface area contributed by atoms with Crippen LogP contribution in [0.3, 0.4) is 0 Å². The molecule has 1 heterocycles. The van der Waals surface area contributed by atoms with Crippen LogP contribution >= 0.6 is 0 Å². The molecule has 1 N–H and O–H groups in total. The standard InChI is InChI=1S/C24H33N3O3/c1-18-7-9-19(10-8-18)21(17-25)24(20-5-3-2-4-6-20)26-22(28)11-12-23(29)27-13-15-30-16-14-27/h7-10,20-21,24H,2-6,11-16H2,1H3,(H,26,28)/t21-,24-/m1/s1. The lowest BCUT2D eigenvalue weighted by Crippen LogP contribution is -2.45. The van der Waals surface area contributed by atoms with Crippen LogP contribution in [0.5, 0.6) is 0 Å². The van der Waals surface area contributed by atoms with Gasteiger partial charge in [0.25, 0.3) is 0 Å². The number of morpholine rings is 1. The molecule has 30 heavy (non-hydrogen) atoms. The van der Waals surface area contributed by atoms with E-state index in [2.05, 4.69) is 11.4 Å². The van der Waals surface area contributed by atoms with Crippen molar-refractivity contribution in [2.24, 2.45) is 5.92 Å². The summed E-state index contributed by atoms with van der Waals surface area (Å²) in [5.41, 5.74) is 2.10. The summed E-state index contributed by atoms with van der Waals surface area (Å²) in [6, 6.07) is 10.2. The van der Waals surface area contributed by atoms with E-state index in [9.17, 15) is 14.9 Å². The third-order valence-electron chi connectivity index (χ3n) is 6.35. The summed E-state index contributed by atoms with van der Waals surface area (Å²) in [6.45, 7) is 4.32. The summed E-state index contributed by atoms with van der Waals surface area (Å²) >= 11 is 0. The van der Waals surface area contributed by atoms with Gasteiger partial charge in [0.2, 0.25) is 11.8 Å². The van der Waals surface area contributed by atoms with E-state index in [1.54, 1.807) is 4.90 Å². The van der Waals surface area contributed by atoms with E-state index < -0.39 is 0 Å². The summed E-state index contributed by atoms with van der Waals surface area (Å²) in [7, 11) is 0. The molecule has 1 aliphatic carbocycles. The number of nitriles is 1. The van der Waals surface area contributed by atoms with Gasteiger partial charge >= 0.3 is 0 Å². The zero-order chi connectivity index (χ0) is 21.3. The highest BCUT2D eigenvalue weighted by molar-refractivity contribution is 5.84. The maximum atomic E-state index is 12.8. The van der Waals surface area contributed by atoms with Crippen LogP contribution in [0.15, 0.2) is 24.3 Å². The fourth-order valence-corrected chi connectivity index (χ4v) is 4.55. The van der Waals surface area contributed by atoms with E-state index in [1.165, 1.54) is 6.42 Å². The lowest BCUT2D eigenvalue weighted by molar-refractivity contribution is -0.137. The van der Waals surface area contributed by atoms with Crippen molar-refractivity contribution in [3.05, 3.63) is 35.4 Å². The Labute approximate surface area is 179 Å². The Kier molecular flexibility index (Phi) is 8.27. The highest BCUT2D eigenvalue weighted by Crippen LogP contribution is 2.33. The van der Waals surface area contributed by atoms with Gasteiger partial charge in [0.1, 0.15) is 0 Å². The Bertz CT molecular complexity index is 744. The van der Waals surface area contributed by atoms with E-state index in [0.717, 1.165) is 36.8 Å². The number of hydrogen-bond acceptors (Lipinski definition) is 4. The van der Waals surface area contributed by atoms with Crippen molar-refractivity contribution in [3.63, 3.8) is 0 Å². The normalized spacial score (nSPS) is 19.5. The van der Waals surface area contributed by atoms with E-state index >= 15 is 0 Å². The van der Waals surface area contributed by atoms with Gasteiger partial charge in [-0.3, -0.25) is 9.59 Å². The average molecular weight is 412 g/mol. The van der Waals surface area contributed by atoms with Crippen molar-refractivity contribution in [2.45, 2.75) is 63.8 Å². The van der Waals surface area contributed by atoms with Gasteiger partial charge in [0.15, 0.2) is 0 Å². The maximum Gasteiger partial charge on any atom is 0.223 e. The molecular formula is C24H33N3O3. The molecule has 1 aromatic carbocycles. The Balaban J connectivity index is 1.65. The van der Waals surface area contributed by atoms with Crippen molar-refractivity contribution in [1.82, 2.24) is 10.2 Å². The van der Waals surface area contributed by atoms with Gasteiger partial charge in [-0.2, -0.15) is 5.26 Å². The monoisotopic (exact) mass is 411 g/mol. The minimum absolute atomic E-state index is 0.00182. The Morgan fingerprint density at radius 3 is 2.43 bits per heavy atom. The molecule has 1 saturated heterocycles. The third-order valence-corrected chi connectivity index (χ3v) is 6.35. The van der Waals surface area contributed by atoms with Gasteiger partial charge in [-0.25, -0.2) is 0 Å². The molecular weight excluding hydrogens is 378 g/mol. The first-order chi connectivity index (χ1) is 14.6. The molecule has 1 aromatic rings. The summed E-state index contributed by atoms with van der Waals surface area (Å²) in [6.07, 6.45) is 5.91. The van der Waals surface area contributed by atoms with Crippen molar-refractivity contribution in [2.75, 3.05) is 26.3 Å². The smallest absolute Gasteiger partial charge is 0.223 e. The molecule has 2 amide bonds. The molecule has 0 radical (unpaired) electrons. The molecule has 162 valence electrons. The number of nitrogens with zero attached hydrogens (tertiary/aromatic N) is 2. The lowest BCUT2D eigenvalue weighted by atomic mass is 9.76. The van der Waals surface area contributed by atoms with Crippen LogP contribution in [-0.4, -0.2) is 49.1 Å². The van der Waals surface area contributed by atoms with Crippen LogP contribution < -0.4 is 5.32 Å². The quantitative estimate of drug-likeness (QED) is 0.746. The summed E-state index contributed by atoms with van der Waals surface area (Å²) in [5.74, 6) is -0.228. The zero-order valence-corrected chi connectivity index (χ0v) is 17.9. The predicted molar refractivity (Wildman–Crippen MR) is 115 cm³/mol. The maximum absolute atomic E-state index is 12.8. The van der Waals surface area contributed by atoms with Crippen molar-refractivity contribution in [1.29, 1.82) is 5.26 Å². The molecule has 0 unspecified atom stereocenters. The third kappa shape index (κ3) is 6.06. The molecule has 0 bridgehead atoms. The van der Waals surface area contributed by atoms with Crippen molar-refractivity contribution >= 4 is 11.8 Å². The van der Waals surface area contributed by atoms with Crippen molar-refractivity contribution < 1.29 is 14.3 Å². The molecule has 6 heteroatoms. The number of benzene rings is 1. The van der Waals surface area contributed by atoms with E-state index in [4.69, 9.17) is 4.74 Å². The number of rotatable bonds is 7. The molecule has 1 saturated carbocycles. The van der Waals surface area contributed by atoms with Gasteiger partial charge in [-0.15, -0.1) is 0 Å². The molecule has 3 rings (SSSR count). The van der Waals surface area contributed by atoms with Crippen LogP contribution in [0.4, 0.5) is 0 Å². The lowest BCUT2D eigenvalue weighted by Gasteiger charge is -2.34. The minimum Gasteiger partial charge on any atom is -0.378 e. The zero-order valence-electron chi connectivity index (χ0n) is 17.9. The predicted octanol–water partition coefficient (Wildman–Crippen LogP) is 3.31. The largest absolute Gasteiger partial charge is 0.378 e. The Hall–Kier alpha value is -2.39. The molecule has 1 aliphatic heterocycles. The summed E-state index contributed by atoms with van der Waals surface area (Å²) < 4.78 is 5.28. The van der Waals surface area contributed by atoms with E-state index in [0.29, 0.717) is 32.2 Å². The highest BCUT2D eigenvalue weighted by atomic mass is 16.5. The number of aryl methyl sites for hydroxylation is 1. The fraction of sp³-hybridized carbons (Fsp3) is 0.625. The average Bonchev–Trinajstić information content (AvgIpc) is 2.79. The van der Waals surface area contributed by atoms with Gasteiger partial charge in [-0.05, 0) is 31.2 Å². The number of hydrogen-bond donors (Lipinski definition) is 1. The highest BCUT2D eigenvalue weighted by Gasteiger charge is 2.33. The second kappa shape index (κ2) is 11.1. The van der Waals surface area contributed by atoms with Gasteiger partial charge in [0.05, 0.1) is 31.2 Å². The molecule has 2 atom stereocenters. The van der Waals surface area contributed by atoms with E-state index in [1.807, 2.05) is 31.2 Å². The molecule has 2 fully saturated rings. The number of carbonyl (C=O) groups is 2. The Morgan fingerprint density at radius 2 is 1.80 bits per heavy atom. The second-order valence-corrected chi connectivity index (χ2v) is 8.50. The first kappa shape index (κ1) is 22.3. The second-order valence-electron chi connectivity index (χ2n) is 8.50. The van der Waals surface area contributed by atoms with Crippen LogP contribution in [0, 0.1) is 24.2 Å². The molecule has 0 aromatic heterocycles. The first-order valence-corrected chi connectivity index (χ1v) is 11.2. The van der Waals surface area contributed by atoms with E-state index in [-0.39, 0.29) is 36.6 Å². The first-order valence-electron chi connectivity index (χ1n) is 11.2. The number of amides is 2. The Morgan fingerprint density at radius 1 is 1.13 bits per heavy atom. The topological polar surface area (TPSA) is 82.4 Å². The van der Waals surface area contributed by atoms with Crippen LogP contribution in [0.2, 0.25) is 0 Å². The van der Waals surface area contributed by atoms with Crippen LogP contribution in [-0.2, 0) is 14.3 Å². The number of carbonyl (C=O) groups excluding carboxylic acids is 2. The molecule has 0 spiro atoms. The van der Waals surface area contributed by atoms with Crippen molar-refractivity contribution in [3.8, 4) is 6.07 Å². The van der Waals surface area contributed by atoms with Gasteiger partial charge in [0, 0.05) is 25.9 Å². The summed E-state index contributed by atoms with van der Waals surface area (Å²) in [5, 5.41) is 13.1. The van der Waals surface area contributed by atoms with Gasteiger partial charge in [-0.1, -0.05) is 49.1 Å². The fourth-order valence-electron chi connectivity index (χ4n) is 4.55. The van der Waals surface area contributed by atoms with Crippen LogP contribution in [0.25, 0.3) is 0 Å². The minimum atomic E-state index is -0.382. The number of ether oxygens (including phenoxy) is 1. The molecule has 6 nitrogen and oxygen atoms in total. The number of nitrogens with one attached hydrogen (secondary N) is 1.